The third-order valence-electron chi connectivity index (χ3n) is 5.24. The van der Waals surface area contributed by atoms with Crippen LogP contribution >= 0.6 is 0 Å². The predicted octanol–water partition coefficient (Wildman–Crippen LogP) is 4.12. The SMILES string of the molecule is COc1ccc(CC(C)(C)CC[C@H](O)c2cc(OC)cc3c2OCC(=O)N3)cc1. The molecule has 1 heterocycles. The summed E-state index contributed by atoms with van der Waals surface area (Å²) in [4.78, 5) is 11.6. The van der Waals surface area contributed by atoms with Crippen LogP contribution in [0.1, 0.15) is 43.9 Å². The molecule has 156 valence electrons. The second kappa shape index (κ2) is 8.74. The molecular weight excluding hydrogens is 370 g/mol. The molecule has 2 aromatic carbocycles. The number of hydrogen-bond donors (Lipinski definition) is 2. The van der Waals surface area contributed by atoms with Crippen molar-refractivity contribution >= 4 is 11.6 Å². The monoisotopic (exact) mass is 399 g/mol. The lowest BCUT2D eigenvalue weighted by molar-refractivity contribution is -0.118. The van der Waals surface area contributed by atoms with Crippen molar-refractivity contribution in [2.45, 2.75) is 39.2 Å². The number of nitrogens with one attached hydrogen (secondary N) is 1. The van der Waals surface area contributed by atoms with E-state index in [4.69, 9.17) is 14.2 Å². The highest BCUT2D eigenvalue weighted by atomic mass is 16.5. The Kier molecular flexibility index (Phi) is 6.33. The summed E-state index contributed by atoms with van der Waals surface area (Å²) in [5.74, 6) is 1.72. The van der Waals surface area contributed by atoms with Crippen molar-refractivity contribution in [1.82, 2.24) is 0 Å². The van der Waals surface area contributed by atoms with Crippen molar-refractivity contribution in [1.29, 1.82) is 0 Å². The number of anilines is 1. The van der Waals surface area contributed by atoms with Crippen LogP contribution in [0.5, 0.6) is 17.2 Å². The molecule has 3 rings (SSSR count). The van der Waals surface area contributed by atoms with Gasteiger partial charge in [-0.05, 0) is 48.4 Å². The average Bonchev–Trinajstić information content (AvgIpc) is 2.71. The minimum atomic E-state index is -0.719. The van der Waals surface area contributed by atoms with Gasteiger partial charge in [0.1, 0.15) is 17.2 Å². The van der Waals surface area contributed by atoms with Gasteiger partial charge in [-0.15, -0.1) is 0 Å². The lowest BCUT2D eigenvalue weighted by Gasteiger charge is -2.28. The third-order valence-corrected chi connectivity index (χ3v) is 5.24. The number of aliphatic hydroxyl groups is 1. The van der Waals surface area contributed by atoms with Crippen LogP contribution in [0.3, 0.4) is 0 Å². The number of aliphatic hydroxyl groups excluding tert-OH is 1. The second-order valence-electron chi connectivity index (χ2n) is 8.17. The normalized spacial score (nSPS) is 14.4. The summed E-state index contributed by atoms with van der Waals surface area (Å²) in [6.07, 6.45) is 1.56. The molecule has 0 bridgehead atoms. The number of fused-ring (bicyclic) bond motifs is 1. The van der Waals surface area contributed by atoms with Crippen LogP contribution in [0.2, 0.25) is 0 Å². The number of carbonyl (C=O) groups is 1. The zero-order chi connectivity index (χ0) is 21.0. The molecule has 6 heteroatoms. The van der Waals surface area contributed by atoms with Crippen LogP contribution < -0.4 is 19.5 Å². The molecule has 2 N–H and O–H groups in total. The molecule has 0 radical (unpaired) electrons. The molecule has 1 atom stereocenters. The molecular formula is C23H29NO5. The summed E-state index contributed by atoms with van der Waals surface area (Å²) in [7, 11) is 3.22. The van der Waals surface area contributed by atoms with Crippen molar-refractivity contribution in [3.8, 4) is 17.2 Å². The number of carbonyl (C=O) groups excluding carboxylic acids is 1. The van der Waals surface area contributed by atoms with E-state index >= 15 is 0 Å². The number of amides is 1. The molecule has 0 unspecified atom stereocenters. The van der Waals surface area contributed by atoms with Gasteiger partial charge in [-0.2, -0.15) is 0 Å². The fourth-order valence-corrected chi connectivity index (χ4v) is 3.63. The highest BCUT2D eigenvalue weighted by Crippen LogP contribution is 2.41. The molecule has 0 saturated carbocycles. The Morgan fingerprint density at radius 1 is 1.14 bits per heavy atom. The maximum Gasteiger partial charge on any atom is 0.262 e. The van der Waals surface area contributed by atoms with E-state index in [-0.39, 0.29) is 17.9 Å². The Labute approximate surface area is 171 Å². The Hall–Kier alpha value is -2.73. The summed E-state index contributed by atoms with van der Waals surface area (Å²) < 4.78 is 16.1. The van der Waals surface area contributed by atoms with E-state index in [0.717, 1.165) is 18.6 Å². The van der Waals surface area contributed by atoms with Crippen LogP contribution in [-0.4, -0.2) is 31.8 Å². The number of ether oxygens (including phenoxy) is 3. The van der Waals surface area contributed by atoms with Gasteiger partial charge < -0.3 is 24.6 Å². The summed E-state index contributed by atoms with van der Waals surface area (Å²) in [6, 6.07) is 11.6. The Bertz CT molecular complexity index is 860. The zero-order valence-electron chi connectivity index (χ0n) is 17.5. The summed E-state index contributed by atoms with van der Waals surface area (Å²) in [6.45, 7) is 4.34. The number of rotatable bonds is 8. The lowest BCUT2D eigenvalue weighted by Crippen LogP contribution is -2.26. The van der Waals surface area contributed by atoms with Gasteiger partial charge in [-0.3, -0.25) is 4.79 Å². The first-order chi connectivity index (χ1) is 13.8. The third kappa shape index (κ3) is 5.21. The molecule has 0 aromatic heterocycles. The number of hydrogen-bond acceptors (Lipinski definition) is 5. The van der Waals surface area contributed by atoms with Gasteiger partial charge >= 0.3 is 0 Å². The van der Waals surface area contributed by atoms with E-state index in [0.29, 0.717) is 29.2 Å². The smallest absolute Gasteiger partial charge is 0.262 e. The van der Waals surface area contributed by atoms with Gasteiger partial charge in [0.05, 0.1) is 26.0 Å². The van der Waals surface area contributed by atoms with E-state index < -0.39 is 6.10 Å². The van der Waals surface area contributed by atoms with E-state index in [2.05, 4.69) is 31.3 Å². The van der Waals surface area contributed by atoms with Crippen molar-refractivity contribution in [3.05, 3.63) is 47.5 Å². The molecule has 0 fully saturated rings. The highest BCUT2D eigenvalue weighted by Gasteiger charge is 2.26. The van der Waals surface area contributed by atoms with Crippen molar-refractivity contribution in [3.63, 3.8) is 0 Å². The van der Waals surface area contributed by atoms with Crippen LogP contribution in [0.15, 0.2) is 36.4 Å². The van der Waals surface area contributed by atoms with Crippen LogP contribution in [0, 0.1) is 5.41 Å². The first-order valence-electron chi connectivity index (χ1n) is 9.77. The van der Waals surface area contributed by atoms with Crippen molar-refractivity contribution < 1.29 is 24.1 Å². The van der Waals surface area contributed by atoms with Gasteiger partial charge in [0, 0.05) is 11.6 Å². The first kappa shape index (κ1) is 21.0. The predicted molar refractivity (Wildman–Crippen MR) is 112 cm³/mol. The summed E-state index contributed by atoms with van der Waals surface area (Å²) in [5.41, 5.74) is 2.41. The topological polar surface area (TPSA) is 77.0 Å². The van der Waals surface area contributed by atoms with Gasteiger partial charge in [0.2, 0.25) is 0 Å². The van der Waals surface area contributed by atoms with Gasteiger partial charge in [0.15, 0.2) is 6.61 Å². The molecule has 0 aliphatic carbocycles. The fourth-order valence-electron chi connectivity index (χ4n) is 3.63. The number of benzene rings is 2. The fraction of sp³-hybridized carbons (Fsp3) is 0.435. The van der Waals surface area contributed by atoms with E-state index in [1.54, 1.807) is 26.4 Å². The minimum absolute atomic E-state index is 0.00354. The number of methoxy groups -OCH3 is 2. The first-order valence-corrected chi connectivity index (χ1v) is 9.77. The molecule has 29 heavy (non-hydrogen) atoms. The van der Waals surface area contributed by atoms with Crippen LogP contribution in [0.25, 0.3) is 0 Å². The van der Waals surface area contributed by atoms with E-state index in [1.807, 2.05) is 12.1 Å². The maximum absolute atomic E-state index is 11.6. The largest absolute Gasteiger partial charge is 0.497 e. The molecule has 1 aliphatic rings. The Morgan fingerprint density at radius 2 is 1.83 bits per heavy atom. The maximum atomic E-state index is 11.6. The molecule has 0 spiro atoms. The molecule has 2 aromatic rings. The summed E-state index contributed by atoms with van der Waals surface area (Å²) >= 11 is 0. The van der Waals surface area contributed by atoms with Gasteiger partial charge in [0.25, 0.3) is 5.91 Å². The quantitative estimate of drug-likeness (QED) is 0.698. The van der Waals surface area contributed by atoms with E-state index in [1.165, 1.54) is 5.56 Å². The molecule has 1 amide bonds. The van der Waals surface area contributed by atoms with Crippen molar-refractivity contribution in [2.24, 2.45) is 5.41 Å². The van der Waals surface area contributed by atoms with Crippen LogP contribution in [-0.2, 0) is 11.2 Å². The highest BCUT2D eigenvalue weighted by molar-refractivity contribution is 5.96. The standard InChI is InChI=1S/C23H29NO5/c1-23(2,13-15-5-7-16(27-3)8-6-15)10-9-20(25)18-11-17(28-4)12-19-22(18)29-14-21(26)24-19/h5-8,11-12,20,25H,9-10,13-14H2,1-4H3,(H,24,26)/t20-/m0/s1. The average molecular weight is 399 g/mol. The minimum Gasteiger partial charge on any atom is -0.497 e. The second-order valence-corrected chi connectivity index (χ2v) is 8.17. The zero-order valence-corrected chi connectivity index (χ0v) is 17.5. The van der Waals surface area contributed by atoms with Crippen molar-refractivity contribution in [2.75, 3.05) is 26.1 Å². The molecule has 1 aliphatic heterocycles. The lowest BCUT2D eigenvalue weighted by atomic mass is 9.80. The van der Waals surface area contributed by atoms with Crippen LogP contribution in [0.4, 0.5) is 5.69 Å². The van der Waals surface area contributed by atoms with Gasteiger partial charge in [-0.25, -0.2) is 0 Å². The molecule has 0 saturated heterocycles. The van der Waals surface area contributed by atoms with E-state index in [9.17, 15) is 9.90 Å². The summed E-state index contributed by atoms with van der Waals surface area (Å²) in [5, 5.41) is 13.7. The van der Waals surface area contributed by atoms with Gasteiger partial charge in [-0.1, -0.05) is 26.0 Å². The Morgan fingerprint density at radius 3 is 2.48 bits per heavy atom. The molecule has 6 nitrogen and oxygen atoms in total. The Balaban J connectivity index is 1.70.